The fourth-order valence-corrected chi connectivity index (χ4v) is 4.62. The Hall–Kier alpha value is -3.57. The Labute approximate surface area is 197 Å². The Kier molecular flexibility index (Phi) is 7.24. The monoisotopic (exact) mass is 491 g/mol. The maximum Gasteiger partial charge on any atom is 0.414 e. The summed E-state index contributed by atoms with van der Waals surface area (Å²) in [4.78, 5) is 39.9. The first-order valence-electron chi connectivity index (χ1n) is 9.39. The Morgan fingerprint density at radius 2 is 1.91 bits per heavy atom. The number of carboxylic acid groups (broad SMARTS) is 2. The number of halogens is 1. The van der Waals surface area contributed by atoms with Crippen molar-refractivity contribution in [3.63, 3.8) is 0 Å². The molecule has 2 aromatic rings. The summed E-state index contributed by atoms with van der Waals surface area (Å²) in [6.07, 6.45) is -1.48. The molecule has 33 heavy (non-hydrogen) atoms. The van der Waals surface area contributed by atoms with Crippen molar-refractivity contribution in [3.8, 4) is 5.75 Å². The van der Waals surface area contributed by atoms with Gasteiger partial charge in [-0.2, -0.15) is 0 Å². The molecule has 0 spiro atoms. The highest BCUT2D eigenvalue weighted by molar-refractivity contribution is 8.13. The van der Waals surface area contributed by atoms with Crippen molar-refractivity contribution in [2.45, 2.75) is 18.7 Å². The van der Waals surface area contributed by atoms with Crippen LogP contribution in [0.15, 0.2) is 58.7 Å². The molecule has 1 heterocycles. The molecule has 3 rings (SSSR count). The molecule has 0 radical (unpaired) electrons. The number of carboxylic acids is 1. The summed E-state index contributed by atoms with van der Waals surface area (Å²) in [7, 11) is 1.54. The van der Waals surface area contributed by atoms with Gasteiger partial charge in [-0.05, 0) is 24.6 Å². The number of aliphatic imine (C=N–C) groups is 1. The quantitative estimate of drug-likeness (QED) is 0.427. The van der Waals surface area contributed by atoms with Gasteiger partial charge < -0.3 is 14.9 Å². The molecule has 0 aromatic heterocycles. The minimum absolute atomic E-state index is 0.0217. The SMILES string of the molecule is COc1ccc(CSC2=NC(C)=C(C(=O)O)C(c3cccc([N+](=O)[O-])c3Cl)N2C(=O)O)cc1. The largest absolute Gasteiger partial charge is 0.497 e. The van der Waals surface area contributed by atoms with E-state index < -0.39 is 28.7 Å². The van der Waals surface area contributed by atoms with Crippen molar-refractivity contribution < 1.29 is 29.5 Å². The minimum atomic E-state index is -1.48. The lowest BCUT2D eigenvalue weighted by Crippen LogP contribution is -2.42. The molecule has 0 saturated heterocycles. The Balaban J connectivity index is 2.08. The molecule has 10 nitrogen and oxygen atoms in total. The number of allylic oxidation sites excluding steroid dienone is 1. The highest BCUT2D eigenvalue weighted by Crippen LogP contribution is 2.43. The number of hydrogen-bond donors (Lipinski definition) is 2. The summed E-state index contributed by atoms with van der Waals surface area (Å²) < 4.78 is 5.12. The summed E-state index contributed by atoms with van der Waals surface area (Å²) >= 11 is 7.32. The molecule has 1 unspecified atom stereocenters. The van der Waals surface area contributed by atoms with Gasteiger partial charge in [0.15, 0.2) is 5.17 Å². The maximum atomic E-state index is 12.3. The molecule has 0 saturated carbocycles. The van der Waals surface area contributed by atoms with Crippen molar-refractivity contribution in [2.75, 3.05) is 7.11 Å². The maximum absolute atomic E-state index is 12.3. The van der Waals surface area contributed by atoms with E-state index in [2.05, 4.69) is 4.99 Å². The van der Waals surface area contributed by atoms with Crippen molar-refractivity contribution in [1.82, 2.24) is 4.90 Å². The van der Waals surface area contributed by atoms with Crippen LogP contribution < -0.4 is 4.74 Å². The van der Waals surface area contributed by atoms with Gasteiger partial charge in [-0.3, -0.25) is 10.1 Å². The molecular weight excluding hydrogens is 474 g/mol. The van der Waals surface area contributed by atoms with E-state index in [1.54, 1.807) is 31.4 Å². The Morgan fingerprint density at radius 1 is 1.24 bits per heavy atom. The Bertz CT molecular complexity index is 1180. The lowest BCUT2D eigenvalue weighted by Gasteiger charge is -2.34. The number of nitrogens with zero attached hydrogens (tertiary/aromatic N) is 3. The number of benzene rings is 2. The predicted molar refractivity (Wildman–Crippen MR) is 123 cm³/mol. The van der Waals surface area contributed by atoms with Crippen LogP contribution in [0.5, 0.6) is 5.75 Å². The van der Waals surface area contributed by atoms with E-state index in [-0.39, 0.29) is 27.0 Å². The number of methoxy groups -OCH3 is 1. The number of thioether (sulfide) groups is 1. The van der Waals surface area contributed by atoms with E-state index in [0.717, 1.165) is 28.3 Å². The average Bonchev–Trinajstić information content (AvgIpc) is 2.76. The third kappa shape index (κ3) is 4.94. The second kappa shape index (κ2) is 9.92. The van der Waals surface area contributed by atoms with Gasteiger partial charge in [0.2, 0.25) is 0 Å². The van der Waals surface area contributed by atoms with E-state index >= 15 is 0 Å². The molecule has 172 valence electrons. The summed E-state index contributed by atoms with van der Waals surface area (Å²) in [6.45, 7) is 1.44. The zero-order chi connectivity index (χ0) is 24.3. The van der Waals surface area contributed by atoms with Gasteiger partial charge in [0.1, 0.15) is 16.8 Å². The van der Waals surface area contributed by atoms with E-state index in [1.165, 1.54) is 19.1 Å². The first-order valence-corrected chi connectivity index (χ1v) is 10.8. The molecule has 0 bridgehead atoms. The first-order chi connectivity index (χ1) is 15.6. The van der Waals surface area contributed by atoms with Crippen molar-refractivity contribution in [1.29, 1.82) is 0 Å². The van der Waals surface area contributed by atoms with Gasteiger partial charge in [-0.25, -0.2) is 19.5 Å². The van der Waals surface area contributed by atoms with Gasteiger partial charge in [-0.15, -0.1) is 0 Å². The van der Waals surface area contributed by atoms with Crippen LogP contribution in [-0.4, -0.2) is 44.4 Å². The molecule has 2 aromatic carbocycles. The standard InChI is InChI=1S/C21H18ClN3O7S/c1-11-16(19(26)27)18(14-4-3-5-15(17(14)22)25(30)31)24(21(28)29)20(23-11)33-10-12-6-8-13(32-2)9-7-12/h3-9,18H,10H2,1-2H3,(H,26,27)(H,28,29). The third-order valence-corrected chi connectivity index (χ3v) is 6.29. The van der Waals surface area contributed by atoms with Crippen LogP contribution in [0.2, 0.25) is 5.02 Å². The van der Waals surface area contributed by atoms with Gasteiger partial charge in [-0.1, -0.05) is 47.6 Å². The molecular formula is C21H18ClN3O7S. The number of hydrogen-bond acceptors (Lipinski definition) is 7. The number of aliphatic carboxylic acids is 1. The summed E-state index contributed by atoms with van der Waals surface area (Å²) in [6, 6.07) is 9.54. The summed E-state index contributed by atoms with van der Waals surface area (Å²) in [5.41, 5.74) is 0.0992. The molecule has 2 N–H and O–H groups in total. The number of amides is 1. The number of ether oxygens (including phenoxy) is 1. The third-order valence-electron chi connectivity index (χ3n) is 4.85. The summed E-state index contributed by atoms with van der Waals surface area (Å²) in [5, 5.41) is 30.8. The highest BCUT2D eigenvalue weighted by atomic mass is 35.5. The fraction of sp³-hybridized carbons (Fsp3) is 0.190. The Morgan fingerprint density at radius 3 is 2.45 bits per heavy atom. The van der Waals surface area contributed by atoms with Gasteiger partial charge in [0.25, 0.3) is 5.69 Å². The van der Waals surface area contributed by atoms with E-state index in [4.69, 9.17) is 16.3 Å². The van der Waals surface area contributed by atoms with E-state index in [1.807, 2.05) is 0 Å². The first kappa shape index (κ1) is 24.1. The molecule has 0 fully saturated rings. The second-order valence-corrected chi connectivity index (χ2v) is 8.15. The van der Waals surface area contributed by atoms with Crippen LogP contribution in [0.3, 0.4) is 0 Å². The molecule has 1 aliphatic heterocycles. The van der Waals surface area contributed by atoms with Crippen molar-refractivity contribution >= 4 is 46.3 Å². The molecule has 1 amide bonds. The number of amidine groups is 1. The van der Waals surface area contributed by atoms with Crippen LogP contribution in [-0.2, 0) is 10.5 Å². The van der Waals surface area contributed by atoms with Gasteiger partial charge >= 0.3 is 12.1 Å². The van der Waals surface area contributed by atoms with Crippen LogP contribution in [0.4, 0.5) is 10.5 Å². The molecule has 1 aliphatic rings. The zero-order valence-electron chi connectivity index (χ0n) is 17.4. The van der Waals surface area contributed by atoms with Crippen molar-refractivity contribution in [2.24, 2.45) is 4.99 Å². The number of nitro benzene ring substituents is 1. The number of rotatable bonds is 6. The number of carbonyl (C=O) groups is 2. The molecule has 1 atom stereocenters. The predicted octanol–water partition coefficient (Wildman–Crippen LogP) is 4.94. The highest BCUT2D eigenvalue weighted by Gasteiger charge is 2.41. The van der Waals surface area contributed by atoms with E-state index in [9.17, 15) is 29.9 Å². The smallest absolute Gasteiger partial charge is 0.414 e. The summed E-state index contributed by atoms with van der Waals surface area (Å²) in [5.74, 6) is -0.414. The lowest BCUT2D eigenvalue weighted by atomic mass is 9.94. The van der Waals surface area contributed by atoms with Gasteiger partial charge in [0, 0.05) is 17.4 Å². The van der Waals surface area contributed by atoms with Crippen LogP contribution in [0.1, 0.15) is 24.1 Å². The van der Waals surface area contributed by atoms with Crippen LogP contribution >= 0.6 is 23.4 Å². The van der Waals surface area contributed by atoms with E-state index in [0.29, 0.717) is 11.5 Å². The normalized spacial score (nSPS) is 15.8. The molecule has 12 heteroatoms. The van der Waals surface area contributed by atoms with Crippen LogP contribution in [0, 0.1) is 10.1 Å². The fourth-order valence-electron chi connectivity index (χ4n) is 3.31. The van der Waals surface area contributed by atoms with Gasteiger partial charge in [0.05, 0.1) is 23.3 Å². The average molecular weight is 492 g/mol. The minimum Gasteiger partial charge on any atom is -0.497 e. The molecule has 0 aliphatic carbocycles. The lowest BCUT2D eigenvalue weighted by molar-refractivity contribution is -0.384. The van der Waals surface area contributed by atoms with Crippen molar-refractivity contribution in [3.05, 3.63) is 80.0 Å². The zero-order valence-corrected chi connectivity index (χ0v) is 19.0. The van der Waals surface area contributed by atoms with Crippen LogP contribution in [0.25, 0.3) is 0 Å². The topological polar surface area (TPSA) is 143 Å². The number of nitro groups is 1. The second-order valence-electron chi connectivity index (χ2n) is 6.83.